The molecule has 0 N–H and O–H groups in total. The SMILES string of the molecule is C[Si]1(C)c2ccccc2-c2nc(Cl)nc(Cl)c21. The Morgan fingerprint density at radius 1 is 1.06 bits per heavy atom. The van der Waals surface area contributed by atoms with Crippen LogP contribution in [0.1, 0.15) is 0 Å². The maximum atomic E-state index is 6.25. The maximum absolute atomic E-state index is 6.25. The van der Waals surface area contributed by atoms with E-state index in [4.69, 9.17) is 23.2 Å². The molecule has 0 amide bonds. The molecule has 5 heteroatoms. The van der Waals surface area contributed by atoms with Gasteiger partial charge in [0.15, 0.2) is 0 Å². The summed E-state index contributed by atoms with van der Waals surface area (Å²) in [5.41, 5.74) is 2.08. The number of hydrogen-bond donors (Lipinski definition) is 0. The summed E-state index contributed by atoms with van der Waals surface area (Å²) in [5.74, 6) is 0. The number of rotatable bonds is 0. The van der Waals surface area contributed by atoms with Crippen LogP contribution < -0.4 is 10.4 Å². The van der Waals surface area contributed by atoms with Crippen LogP contribution in [-0.4, -0.2) is 18.0 Å². The molecule has 2 aromatic rings. The highest BCUT2D eigenvalue weighted by Crippen LogP contribution is 2.29. The topological polar surface area (TPSA) is 25.8 Å². The number of hydrogen-bond acceptors (Lipinski definition) is 2. The zero-order valence-corrected chi connectivity index (χ0v) is 12.0. The number of fused-ring (bicyclic) bond motifs is 3. The molecule has 0 atom stereocenters. The lowest BCUT2D eigenvalue weighted by Crippen LogP contribution is -2.50. The monoisotopic (exact) mass is 280 g/mol. The van der Waals surface area contributed by atoms with E-state index in [0.717, 1.165) is 16.4 Å². The van der Waals surface area contributed by atoms with Crippen LogP contribution in [0.4, 0.5) is 0 Å². The number of aromatic nitrogens is 2. The molecule has 0 spiro atoms. The summed E-state index contributed by atoms with van der Waals surface area (Å²) in [5, 5.41) is 3.18. The first kappa shape index (κ1) is 11.2. The van der Waals surface area contributed by atoms with E-state index in [-0.39, 0.29) is 5.28 Å². The minimum atomic E-state index is -1.76. The molecule has 86 valence electrons. The number of halogens is 2. The summed E-state index contributed by atoms with van der Waals surface area (Å²) >= 11 is 12.1. The van der Waals surface area contributed by atoms with Crippen molar-refractivity contribution in [2.24, 2.45) is 0 Å². The molecule has 0 unspecified atom stereocenters. The van der Waals surface area contributed by atoms with Crippen molar-refractivity contribution in [2.45, 2.75) is 13.1 Å². The van der Waals surface area contributed by atoms with Crippen molar-refractivity contribution < 1.29 is 0 Å². The fraction of sp³-hybridized carbons (Fsp3) is 0.167. The molecular formula is C12H10Cl2N2Si. The Morgan fingerprint density at radius 3 is 2.53 bits per heavy atom. The van der Waals surface area contributed by atoms with Crippen molar-refractivity contribution >= 4 is 41.6 Å². The van der Waals surface area contributed by atoms with Crippen LogP contribution in [-0.2, 0) is 0 Å². The molecule has 1 aliphatic heterocycles. The van der Waals surface area contributed by atoms with Gasteiger partial charge in [-0.2, -0.15) is 0 Å². The van der Waals surface area contributed by atoms with E-state index < -0.39 is 8.07 Å². The van der Waals surface area contributed by atoms with E-state index in [2.05, 4.69) is 41.3 Å². The molecule has 1 aromatic heterocycles. The van der Waals surface area contributed by atoms with Crippen molar-refractivity contribution in [1.82, 2.24) is 9.97 Å². The summed E-state index contributed by atoms with van der Waals surface area (Å²) < 4.78 is 0. The molecule has 17 heavy (non-hydrogen) atoms. The lowest BCUT2D eigenvalue weighted by atomic mass is 10.1. The molecule has 0 radical (unpaired) electrons. The quantitative estimate of drug-likeness (QED) is 0.421. The number of nitrogens with zero attached hydrogens (tertiary/aromatic N) is 2. The molecule has 0 fully saturated rings. The van der Waals surface area contributed by atoms with Crippen LogP contribution in [0.25, 0.3) is 11.3 Å². The van der Waals surface area contributed by atoms with Gasteiger partial charge in [-0.3, -0.25) is 0 Å². The Morgan fingerprint density at radius 2 is 1.76 bits per heavy atom. The van der Waals surface area contributed by atoms with Gasteiger partial charge in [0.25, 0.3) is 0 Å². The second kappa shape index (κ2) is 3.54. The fourth-order valence-electron chi connectivity index (χ4n) is 2.53. The molecule has 1 aliphatic rings. The van der Waals surface area contributed by atoms with Gasteiger partial charge in [0, 0.05) is 5.19 Å². The summed E-state index contributed by atoms with van der Waals surface area (Å²) in [6.45, 7) is 4.53. The van der Waals surface area contributed by atoms with Gasteiger partial charge in [0.1, 0.15) is 13.2 Å². The van der Waals surface area contributed by atoms with Gasteiger partial charge in [-0.1, -0.05) is 49.0 Å². The third-order valence-electron chi connectivity index (χ3n) is 3.32. The van der Waals surface area contributed by atoms with E-state index in [9.17, 15) is 0 Å². The van der Waals surface area contributed by atoms with Crippen LogP contribution in [0, 0.1) is 0 Å². The predicted molar refractivity (Wildman–Crippen MR) is 74.2 cm³/mol. The predicted octanol–water partition coefficient (Wildman–Crippen LogP) is 2.59. The molecular weight excluding hydrogens is 271 g/mol. The third kappa shape index (κ3) is 1.46. The molecule has 2 heterocycles. The maximum Gasteiger partial charge on any atom is 0.224 e. The van der Waals surface area contributed by atoms with Crippen LogP contribution in [0.3, 0.4) is 0 Å². The van der Waals surface area contributed by atoms with Gasteiger partial charge in [-0.15, -0.1) is 0 Å². The van der Waals surface area contributed by atoms with Crippen LogP contribution in [0.5, 0.6) is 0 Å². The average Bonchev–Trinajstić information content (AvgIpc) is 2.49. The Kier molecular flexibility index (Phi) is 2.34. The smallest absolute Gasteiger partial charge is 0.218 e. The molecule has 0 saturated heterocycles. The van der Waals surface area contributed by atoms with E-state index >= 15 is 0 Å². The largest absolute Gasteiger partial charge is 0.224 e. The van der Waals surface area contributed by atoms with E-state index in [1.165, 1.54) is 5.19 Å². The average molecular weight is 281 g/mol. The normalized spacial score (nSPS) is 15.5. The standard InChI is InChI=1S/C12H10Cl2N2Si/c1-17(2)8-6-4-3-5-7(8)9-10(17)11(13)16-12(14)15-9/h3-6H,1-2H3. The third-order valence-corrected chi connectivity index (χ3v) is 7.43. The van der Waals surface area contributed by atoms with Gasteiger partial charge in [0.05, 0.1) is 5.69 Å². The fourth-order valence-corrected chi connectivity index (χ4v) is 6.63. The molecule has 0 aliphatic carbocycles. The molecule has 0 saturated carbocycles. The zero-order chi connectivity index (χ0) is 12.2. The van der Waals surface area contributed by atoms with Crippen molar-refractivity contribution in [3.05, 3.63) is 34.7 Å². The molecule has 3 rings (SSSR count). The van der Waals surface area contributed by atoms with Crippen molar-refractivity contribution in [2.75, 3.05) is 0 Å². The van der Waals surface area contributed by atoms with Crippen molar-refractivity contribution in [3.8, 4) is 11.3 Å². The minimum Gasteiger partial charge on any atom is -0.218 e. The second-order valence-corrected chi connectivity index (χ2v) is 9.66. The molecule has 2 nitrogen and oxygen atoms in total. The first-order chi connectivity index (χ1) is 8.01. The number of benzene rings is 1. The first-order valence-electron chi connectivity index (χ1n) is 5.35. The van der Waals surface area contributed by atoms with Gasteiger partial charge < -0.3 is 0 Å². The summed E-state index contributed by atoms with van der Waals surface area (Å²) in [6.07, 6.45) is 0. The van der Waals surface area contributed by atoms with Gasteiger partial charge in [-0.25, -0.2) is 9.97 Å². The van der Waals surface area contributed by atoms with Gasteiger partial charge in [-0.05, 0) is 22.4 Å². The van der Waals surface area contributed by atoms with Crippen molar-refractivity contribution in [3.63, 3.8) is 0 Å². The molecule has 1 aromatic carbocycles. The Labute approximate surface area is 111 Å². The second-order valence-electron chi connectivity index (χ2n) is 4.68. The van der Waals surface area contributed by atoms with E-state index in [0.29, 0.717) is 5.15 Å². The Hall–Kier alpha value is -0.903. The van der Waals surface area contributed by atoms with Crippen LogP contribution >= 0.6 is 23.2 Å². The van der Waals surface area contributed by atoms with Gasteiger partial charge in [0.2, 0.25) is 5.28 Å². The summed E-state index contributed by atoms with van der Waals surface area (Å²) in [4.78, 5) is 8.43. The van der Waals surface area contributed by atoms with Crippen LogP contribution in [0.15, 0.2) is 24.3 Å². The van der Waals surface area contributed by atoms with Gasteiger partial charge >= 0.3 is 0 Å². The van der Waals surface area contributed by atoms with Crippen molar-refractivity contribution in [1.29, 1.82) is 0 Å². The highest BCUT2D eigenvalue weighted by Gasteiger charge is 2.40. The Bertz CT molecular complexity index is 626. The molecule has 0 bridgehead atoms. The first-order valence-corrected chi connectivity index (χ1v) is 9.11. The summed E-state index contributed by atoms with van der Waals surface area (Å²) in [7, 11) is -1.76. The highest BCUT2D eigenvalue weighted by molar-refractivity contribution is 7.04. The van der Waals surface area contributed by atoms with Crippen LogP contribution in [0.2, 0.25) is 23.5 Å². The zero-order valence-electron chi connectivity index (χ0n) is 9.46. The van der Waals surface area contributed by atoms with E-state index in [1.54, 1.807) is 0 Å². The minimum absolute atomic E-state index is 0.218. The summed E-state index contributed by atoms with van der Waals surface area (Å²) in [6, 6.07) is 8.31. The lowest BCUT2D eigenvalue weighted by Gasteiger charge is -2.18. The Balaban J connectivity index is 2.44. The van der Waals surface area contributed by atoms with E-state index in [1.807, 2.05) is 6.07 Å². The highest BCUT2D eigenvalue weighted by atomic mass is 35.5. The lowest BCUT2D eigenvalue weighted by molar-refractivity contribution is 1.19.